The predicted octanol–water partition coefficient (Wildman–Crippen LogP) is 0.441. The average molecular weight is 955 g/mol. The van der Waals surface area contributed by atoms with Crippen LogP contribution in [-0.2, 0) is 42.8 Å². The van der Waals surface area contributed by atoms with E-state index in [0.717, 1.165) is 25.7 Å². The molecule has 0 bridgehead atoms. The maximum atomic E-state index is 15.1. The molecule has 8 aliphatic rings. The number of hydrogen-bond acceptors (Lipinski definition) is 18. The van der Waals surface area contributed by atoms with Gasteiger partial charge in [-0.3, -0.25) is 14.4 Å². The van der Waals surface area contributed by atoms with E-state index in [1.165, 1.54) is 12.5 Å². The molecular formula is C48H74O19. The van der Waals surface area contributed by atoms with E-state index in [1.54, 1.807) is 6.92 Å². The van der Waals surface area contributed by atoms with Crippen LogP contribution < -0.4 is 0 Å². The summed E-state index contributed by atoms with van der Waals surface area (Å²) in [6, 6.07) is 0. The number of hydrogen-bond donors (Lipinski definition) is 10. The first kappa shape index (κ1) is 51.2. The van der Waals surface area contributed by atoms with Gasteiger partial charge in [0, 0.05) is 11.8 Å². The molecule has 0 amide bonds. The van der Waals surface area contributed by atoms with Crippen LogP contribution in [0.5, 0.6) is 0 Å². The zero-order valence-electron chi connectivity index (χ0n) is 39.6. The van der Waals surface area contributed by atoms with Gasteiger partial charge in [-0.15, -0.1) is 0 Å². The third-order valence-corrected chi connectivity index (χ3v) is 19.1. The van der Waals surface area contributed by atoms with E-state index in [9.17, 15) is 60.7 Å². The van der Waals surface area contributed by atoms with Gasteiger partial charge in [0.05, 0.1) is 30.1 Å². The fourth-order valence-corrected chi connectivity index (χ4v) is 15.0. The lowest BCUT2D eigenvalue weighted by atomic mass is 9.35. The number of ether oxygens (including phenoxy) is 6. The molecule has 7 fully saturated rings. The molecule has 10 N–H and O–H groups in total. The minimum absolute atomic E-state index is 0.0874. The van der Waals surface area contributed by atoms with Crippen LogP contribution in [0.25, 0.3) is 0 Å². The van der Waals surface area contributed by atoms with E-state index in [1.807, 2.05) is 6.92 Å². The van der Waals surface area contributed by atoms with Crippen molar-refractivity contribution in [2.24, 2.45) is 50.2 Å². The summed E-state index contributed by atoms with van der Waals surface area (Å²) in [5.41, 5.74) is -2.91. The van der Waals surface area contributed by atoms with E-state index >= 15 is 4.79 Å². The molecule has 380 valence electrons. The summed E-state index contributed by atoms with van der Waals surface area (Å²) in [5, 5.41) is 107. The third kappa shape index (κ3) is 7.88. The Hall–Kier alpha value is -2.21. The smallest absolute Gasteiger partial charge is 0.315 e. The number of Topliss-reactive ketones (excluding diaryl/α,β-unsaturated/α-hetero) is 1. The minimum atomic E-state index is -1.92. The fourth-order valence-electron chi connectivity index (χ4n) is 15.0. The summed E-state index contributed by atoms with van der Waals surface area (Å²) < 4.78 is 34.6. The van der Waals surface area contributed by atoms with Gasteiger partial charge in [-0.05, 0) is 106 Å². The van der Waals surface area contributed by atoms with Crippen molar-refractivity contribution in [3.05, 3.63) is 11.6 Å². The van der Waals surface area contributed by atoms with Crippen LogP contribution in [0.15, 0.2) is 11.6 Å². The second-order valence-electron chi connectivity index (χ2n) is 23.0. The van der Waals surface area contributed by atoms with Gasteiger partial charge in [0.25, 0.3) is 0 Å². The predicted molar refractivity (Wildman–Crippen MR) is 230 cm³/mol. The number of aliphatic hydroxyl groups excluding tert-OH is 9. The summed E-state index contributed by atoms with van der Waals surface area (Å²) in [5.74, 6) is -1.07. The van der Waals surface area contributed by atoms with Crippen molar-refractivity contribution in [2.45, 2.75) is 205 Å². The standard InChI is InChI=1S/C48H74O19/c1-21-29(51)31(53)34(56)39(63-21)66-37-24(18-49)64-38(36(58)33(37)55)62-19-25-30(52)32(54)35(57)40(65-25)67-42(61)48-15-10-22-23(47(48,7)20-44(4,16-17-48)41(59)60)8-9-27-45(22,5)13-11-26-43(2,3)28(50)12-14-46(26,27)6/h10,21,23-27,29-40,49,51-58H,8-9,11-20H2,1-7H3,(H,59,60). The molecule has 0 aromatic carbocycles. The lowest BCUT2D eigenvalue weighted by Gasteiger charge is -2.69. The topological polar surface area (TPSA) is 309 Å². The van der Waals surface area contributed by atoms with E-state index in [-0.39, 0.29) is 54.3 Å². The number of ketones is 1. The van der Waals surface area contributed by atoms with E-state index in [2.05, 4.69) is 33.8 Å². The maximum Gasteiger partial charge on any atom is 0.315 e. The summed E-state index contributed by atoms with van der Waals surface area (Å²) in [6.07, 6.45) is -17.3. The monoisotopic (exact) mass is 954 g/mol. The summed E-state index contributed by atoms with van der Waals surface area (Å²) in [6.45, 7) is 12.5. The van der Waals surface area contributed by atoms with Crippen molar-refractivity contribution in [3.8, 4) is 0 Å². The quantitative estimate of drug-likeness (QED) is 0.111. The lowest BCUT2D eigenvalue weighted by molar-refractivity contribution is -0.361. The zero-order chi connectivity index (χ0) is 49.1. The molecule has 19 nitrogen and oxygen atoms in total. The number of rotatable bonds is 9. The molecule has 0 aromatic rings. The number of fused-ring (bicyclic) bond motifs is 7. The first-order valence-electron chi connectivity index (χ1n) is 24.2. The van der Waals surface area contributed by atoms with Crippen LogP contribution in [0, 0.1) is 50.2 Å². The first-order valence-corrected chi connectivity index (χ1v) is 24.2. The molecule has 3 saturated heterocycles. The van der Waals surface area contributed by atoms with Crippen LogP contribution in [-0.4, -0.2) is 174 Å². The van der Waals surface area contributed by atoms with Crippen LogP contribution in [0.1, 0.15) is 113 Å². The average Bonchev–Trinajstić information content (AvgIpc) is 3.27. The Kier molecular flexibility index (Phi) is 13.6. The molecule has 3 heterocycles. The molecule has 67 heavy (non-hydrogen) atoms. The van der Waals surface area contributed by atoms with Gasteiger partial charge in [0.15, 0.2) is 12.6 Å². The number of allylic oxidation sites excluding steroid dienone is 2. The highest BCUT2D eigenvalue weighted by atomic mass is 16.8. The SMILES string of the molecule is CC1OC(OC2C(CO)OC(OCC3OC(OC(=O)C45CC=C6C(CCC7C6(C)CCC6C(C)(C)C(=O)CCC67C)C4(C)CC(C)(C(=O)O)CC5)C(O)C(O)C3O)C(O)C2O)C(O)C(O)C1O. The molecule has 19 heteroatoms. The van der Waals surface area contributed by atoms with Crippen molar-refractivity contribution in [1.29, 1.82) is 0 Å². The Labute approximate surface area is 390 Å². The molecule has 0 aromatic heterocycles. The summed E-state index contributed by atoms with van der Waals surface area (Å²) in [4.78, 5) is 41.3. The molecule has 4 saturated carbocycles. The molecule has 0 radical (unpaired) electrons. The van der Waals surface area contributed by atoms with E-state index in [0.29, 0.717) is 18.6 Å². The van der Waals surface area contributed by atoms with Crippen LogP contribution in [0.4, 0.5) is 0 Å². The molecule has 0 spiro atoms. The van der Waals surface area contributed by atoms with Gasteiger partial charge in [0.1, 0.15) is 72.9 Å². The molecule has 8 rings (SSSR count). The van der Waals surface area contributed by atoms with Gasteiger partial charge in [-0.25, -0.2) is 0 Å². The van der Waals surface area contributed by atoms with Crippen molar-refractivity contribution < 1.29 is 93.9 Å². The van der Waals surface area contributed by atoms with Crippen molar-refractivity contribution >= 4 is 17.7 Å². The van der Waals surface area contributed by atoms with E-state index < -0.39 is 139 Å². The second-order valence-corrected chi connectivity index (χ2v) is 23.0. The fraction of sp³-hybridized carbons (Fsp3) is 0.896. The first-order chi connectivity index (χ1) is 31.2. The highest BCUT2D eigenvalue weighted by Gasteiger charge is 2.70. The zero-order valence-corrected chi connectivity index (χ0v) is 39.6. The summed E-state index contributed by atoms with van der Waals surface area (Å²) in [7, 11) is 0. The Morgan fingerprint density at radius 2 is 1.36 bits per heavy atom. The number of aliphatic hydroxyl groups is 9. The van der Waals surface area contributed by atoms with Crippen LogP contribution in [0.3, 0.4) is 0 Å². The van der Waals surface area contributed by atoms with Gasteiger partial charge >= 0.3 is 11.9 Å². The molecule has 5 aliphatic carbocycles. The second kappa shape index (κ2) is 17.8. The molecule has 23 unspecified atom stereocenters. The number of aliphatic carboxylic acids is 1. The third-order valence-electron chi connectivity index (χ3n) is 19.1. The van der Waals surface area contributed by atoms with Crippen molar-refractivity contribution in [3.63, 3.8) is 0 Å². The van der Waals surface area contributed by atoms with Gasteiger partial charge in [-0.1, -0.05) is 46.3 Å². The van der Waals surface area contributed by atoms with Crippen LogP contribution in [0.2, 0.25) is 0 Å². The normalized spacial score (nSPS) is 53.0. The maximum absolute atomic E-state index is 15.1. The Morgan fingerprint density at radius 3 is 2.03 bits per heavy atom. The number of esters is 1. The Bertz CT molecular complexity index is 1930. The van der Waals surface area contributed by atoms with Crippen molar-refractivity contribution in [1.82, 2.24) is 0 Å². The highest BCUT2D eigenvalue weighted by molar-refractivity contribution is 5.85. The highest BCUT2D eigenvalue weighted by Crippen LogP contribution is 2.74. The van der Waals surface area contributed by atoms with Gasteiger partial charge in [-0.2, -0.15) is 0 Å². The van der Waals surface area contributed by atoms with Crippen molar-refractivity contribution in [2.75, 3.05) is 13.2 Å². The van der Waals surface area contributed by atoms with Gasteiger partial charge in [0.2, 0.25) is 6.29 Å². The number of carboxylic acids is 1. The Morgan fingerprint density at radius 1 is 0.716 bits per heavy atom. The largest absolute Gasteiger partial charge is 0.481 e. The number of carbonyl (C=O) groups excluding carboxylic acids is 2. The Balaban J connectivity index is 0.999. The van der Waals surface area contributed by atoms with E-state index in [4.69, 9.17) is 28.4 Å². The minimum Gasteiger partial charge on any atom is -0.481 e. The molecule has 3 aliphatic heterocycles. The summed E-state index contributed by atoms with van der Waals surface area (Å²) >= 11 is 0. The molecule has 23 atom stereocenters. The molecular weight excluding hydrogens is 881 g/mol. The van der Waals surface area contributed by atoms with Gasteiger partial charge < -0.3 is 79.5 Å². The number of carboxylic acid groups (broad SMARTS) is 1. The number of carbonyl (C=O) groups is 3. The van der Waals surface area contributed by atoms with Crippen LogP contribution >= 0.6 is 0 Å². The lowest BCUT2D eigenvalue weighted by Crippen LogP contribution is -2.65.